The standard InChI is InChI=1S/C5H2Br2INS/c6-3(7)1-5-9-2-4(8)10-5/h1-2H. The zero-order valence-corrected chi connectivity index (χ0v) is 10.8. The van der Waals surface area contributed by atoms with E-state index in [1.54, 1.807) is 11.3 Å². The first-order valence-corrected chi connectivity index (χ1v) is 5.80. The summed E-state index contributed by atoms with van der Waals surface area (Å²) < 4.78 is 2.12. The average molecular weight is 395 g/mol. The Morgan fingerprint density at radius 3 is 2.80 bits per heavy atom. The maximum absolute atomic E-state index is 4.13. The van der Waals surface area contributed by atoms with Crippen LogP contribution in [0.15, 0.2) is 9.59 Å². The quantitative estimate of drug-likeness (QED) is 0.660. The normalized spacial score (nSPS) is 9.50. The summed E-state index contributed by atoms with van der Waals surface area (Å²) in [6.07, 6.45) is 3.77. The van der Waals surface area contributed by atoms with Crippen molar-refractivity contribution in [2.45, 2.75) is 0 Å². The molecule has 0 atom stereocenters. The van der Waals surface area contributed by atoms with Crippen molar-refractivity contribution in [1.82, 2.24) is 4.98 Å². The van der Waals surface area contributed by atoms with Gasteiger partial charge in [0.2, 0.25) is 0 Å². The van der Waals surface area contributed by atoms with Crippen molar-refractivity contribution < 1.29 is 0 Å². The van der Waals surface area contributed by atoms with Crippen LogP contribution in [-0.4, -0.2) is 4.98 Å². The van der Waals surface area contributed by atoms with Crippen LogP contribution in [0.25, 0.3) is 6.08 Å². The van der Waals surface area contributed by atoms with E-state index in [4.69, 9.17) is 0 Å². The van der Waals surface area contributed by atoms with Crippen LogP contribution in [0.5, 0.6) is 0 Å². The highest BCUT2D eigenvalue weighted by molar-refractivity contribution is 14.1. The summed E-state index contributed by atoms with van der Waals surface area (Å²) >= 11 is 10.4. The summed E-state index contributed by atoms with van der Waals surface area (Å²) in [5, 5.41) is 1.01. The summed E-state index contributed by atoms with van der Waals surface area (Å²) in [5.74, 6) is 0. The third-order valence-corrected chi connectivity index (χ3v) is 2.86. The Kier molecular flexibility index (Phi) is 3.82. The molecule has 54 valence electrons. The Morgan fingerprint density at radius 1 is 1.70 bits per heavy atom. The molecule has 1 nitrogen and oxygen atoms in total. The fraction of sp³-hybridized carbons (Fsp3) is 0. The summed E-state index contributed by atoms with van der Waals surface area (Å²) in [4.78, 5) is 4.13. The monoisotopic (exact) mass is 393 g/mol. The molecule has 0 amide bonds. The first kappa shape index (κ1) is 9.15. The Morgan fingerprint density at radius 2 is 2.40 bits per heavy atom. The maximum Gasteiger partial charge on any atom is 0.118 e. The number of nitrogens with zero attached hydrogens (tertiary/aromatic N) is 1. The predicted molar refractivity (Wildman–Crippen MR) is 60.7 cm³/mol. The van der Waals surface area contributed by atoms with Crippen molar-refractivity contribution in [2.75, 3.05) is 0 Å². The Balaban J connectivity index is 2.86. The van der Waals surface area contributed by atoms with Crippen molar-refractivity contribution in [2.24, 2.45) is 0 Å². The second-order valence-corrected chi connectivity index (χ2v) is 7.17. The third kappa shape index (κ3) is 2.98. The van der Waals surface area contributed by atoms with Gasteiger partial charge in [-0.25, -0.2) is 4.98 Å². The van der Waals surface area contributed by atoms with Crippen LogP contribution in [0.2, 0.25) is 0 Å². The second-order valence-electron chi connectivity index (χ2n) is 1.44. The molecule has 0 saturated heterocycles. The van der Waals surface area contributed by atoms with E-state index in [1.807, 2.05) is 12.3 Å². The third-order valence-electron chi connectivity index (χ3n) is 0.728. The van der Waals surface area contributed by atoms with Crippen LogP contribution in [0, 0.1) is 2.88 Å². The molecule has 0 spiro atoms. The van der Waals surface area contributed by atoms with Gasteiger partial charge in [0.05, 0.1) is 12.5 Å². The smallest absolute Gasteiger partial charge is 0.118 e. The van der Waals surface area contributed by atoms with Crippen molar-refractivity contribution in [3.8, 4) is 0 Å². The first-order chi connectivity index (χ1) is 4.68. The first-order valence-electron chi connectivity index (χ1n) is 2.32. The molecule has 0 aliphatic carbocycles. The minimum absolute atomic E-state index is 0.922. The van der Waals surface area contributed by atoms with Gasteiger partial charge < -0.3 is 0 Å². The molecule has 0 aliphatic rings. The summed E-state index contributed by atoms with van der Waals surface area (Å²) in [5.41, 5.74) is 0. The van der Waals surface area contributed by atoms with Crippen LogP contribution in [0.4, 0.5) is 0 Å². The zero-order chi connectivity index (χ0) is 7.56. The molecule has 10 heavy (non-hydrogen) atoms. The molecule has 0 radical (unpaired) electrons. The van der Waals surface area contributed by atoms with E-state index in [2.05, 4.69) is 59.4 Å². The zero-order valence-electron chi connectivity index (χ0n) is 4.64. The van der Waals surface area contributed by atoms with Crippen molar-refractivity contribution >= 4 is 71.9 Å². The van der Waals surface area contributed by atoms with E-state index in [9.17, 15) is 0 Å². The Bertz CT molecular complexity index is 254. The lowest BCUT2D eigenvalue weighted by atomic mass is 10.7. The fourth-order valence-electron chi connectivity index (χ4n) is 0.427. The van der Waals surface area contributed by atoms with Gasteiger partial charge in [0.1, 0.15) is 5.01 Å². The van der Waals surface area contributed by atoms with Gasteiger partial charge in [-0.05, 0) is 60.5 Å². The molecule has 0 fully saturated rings. The van der Waals surface area contributed by atoms with E-state index in [1.165, 1.54) is 2.88 Å². The number of aromatic nitrogens is 1. The van der Waals surface area contributed by atoms with Gasteiger partial charge in [-0.3, -0.25) is 0 Å². The molecule has 0 saturated carbocycles. The lowest BCUT2D eigenvalue weighted by Gasteiger charge is -1.80. The van der Waals surface area contributed by atoms with E-state index in [0.29, 0.717) is 0 Å². The summed E-state index contributed by atoms with van der Waals surface area (Å²) in [7, 11) is 0. The number of halogens is 3. The molecule has 0 N–H and O–H groups in total. The molecule has 1 rings (SSSR count). The predicted octanol–water partition coefficient (Wildman–Crippen LogP) is 3.84. The van der Waals surface area contributed by atoms with Gasteiger partial charge in [0, 0.05) is 0 Å². The molecular formula is C5H2Br2INS. The van der Waals surface area contributed by atoms with Gasteiger partial charge in [-0.2, -0.15) is 0 Å². The van der Waals surface area contributed by atoms with E-state index in [0.717, 1.165) is 8.40 Å². The summed E-state index contributed by atoms with van der Waals surface area (Å²) in [6, 6.07) is 0. The number of rotatable bonds is 1. The molecule has 0 aliphatic heterocycles. The lowest BCUT2D eigenvalue weighted by molar-refractivity contribution is 1.39. The van der Waals surface area contributed by atoms with Gasteiger partial charge in [0.25, 0.3) is 0 Å². The molecule has 1 aromatic rings. The fourth-order valence-corrected chi connectivity index (χ4v) is 2.57. The summed E-state index contributed by atoms with van der Waals surface area (Å²) in [6.45, 7) is 0. The largest absolute Gasteiger partial charge is 0.244 e. The highest BCUT2D eigenvalue weighted by Crippen LogP contribution is 2.22. The van der Waals surface area contributed by atoms with Crippen LogP contribution >= 0.6 is 65.8 Å². The molecule has 1 aromatic heterocycles. The van der Waals surface area contributed by atoms with Crippen LogP contribution in [0.3, 0.4) is 0 Å². The molecule has 1 heterocycles. The van der Waals surface area contributed by atoms with Crippen molar-refractivity contribution in [3.63, 3.8) is 0 Å². The van der Waals surface area contributed by atoms with Crippen molar-refractivity contribution in [1.29, 1.82) is 0 Å². The van der Waals surface area contributed by atoms with E-state index in [-0.39, 0.29) is 0 Å². The number of hydrogen-bond donors (Lipinski definition) is 0. The second kappa shape index (κ2) is 4.18. The lowest BCUT2D eigenvalue weighted by Crippen LogP contribution is -1.62. The van der Waals surface area contributed by atoms with Crippen molar-refractivity contribution in [3.05, 3.63) is 17.5 Å². The van der Waals surface area contributed by atoms with E-state index >= 15 is 0 Å². The average Bonchev–Trinajstić information content (AvgIpc) is 2.13. The van der Waals surface area contributed by atoms with Gasteiger partial charge >= 0.3 is 0 Å². The Labute approximate surface area is 93.3 Å². The molecular weight excluding hydrogens is 393 g/mol. The molecule has 0 unspecified atom stereocenters. The van der Waals surface area contributed by atoms with Crippen LogP contribution < -0.4 is 0 Å². The maximum atomic E-state index is 4.13. The number of hydrogen-bond acceptors (Lipinski definition) is 2. The van der Waals surface area contributed by atoms with Crippen LogP contribution in [0.1, 0.15) is 5.01 Å². The van der Waals surface area contributed by atoms with E-state index < -0.39 is 0 Å². The highest BCUT2D eigenvalue weighted by atomic mass is 127. The molecule has 5 heteroatoms. The van der Waals surface area contributed by atoms with Gasteiger partial charge in [0.15, 0.2) is 0 Å². The molecule has 0 bridgehead atoms. The number of thiazole rings is 1. The van der Waals surface area contributed by atoms with Gasteiger partial charge in [-0.1, -0.05) is 0 Å². The topological polar surface area (TPSA) is 12.9 Å². The highest BCUT2D eigenvalue weighted by Gasteiger charge is 1.94. The van der Waals surface area contributed by atoms with Gasteiger partial charge in [-0.15, -0.1) is 11.3 Å². The van der Waals surface area contributed by atoms with Crippen LogP contribution in [-0.2, 0) is 0 Å². The Hall–Kier alpha value is 1.06. The minimum atomic E-state index is 0.922. The minimum Gasteiger partial charge on any atom is -0.244 e. The SMILES string of the molecule is BrC(Br)=Cc1ncc(I)s1. The molecule has 0 aromatic carbocycles.